The molecule has 1 saturated heterocycles. The first-order valence-electron chi connectivity index (χ1n) is 7.92. The number of rotatable bonds is 8. The van der Waals surface area contributed by atoms with Crippen molar-refractivity contribution in [1.29, 1.82) is 0 Å². The third-order valence-corrected chi connectivity index (χ3v) is 4.08. The van der Waals surface area contributed by atoms with Gasteiger partial charge in [0.05, 0.1) is 0 Å². The molecule has 1 fully saturated rings. The second kappa shape index (κ2) is 9.06. The van der Waals surface area contributed by atoms with Crippen LogP contribution in [0.3, 0.4) is 0 Å². The summed E-state index contributed by atoms with van der Waals surface area (Å²) in [5.74, 6) is 0. The smallest absolute Gasteiger partial charge is 0.0300 e. The molecule has 4 nitrogen and oxygen atoms in total. The highest BCUT2D eigenvalue weighted by molar-refractivity contribution is 5.08. The van der Waals surface area contributed by atoms with E-state index >= 15 is 0 Å². The first-order valence-corrected chi connectivity index (χ1v) is 7.92. The molecule has 4 heteroatoms. The summed E-state index contributed by atoms with van der Waals surface area (Å²) in [5, 5.41) is 0. The van der Waals surface area contributed by atoms with Crippen LogP contribution in [-0.4, -0.2) is 60.6 Å². The van der Waals surface area contributed by atoms with E-state index in [-0.39, 0.29) is 0 Å². The lowest BCUT2D eigenvalue weighted by Gasteiger charge is -2.34. The average molecular weight is 276 g/mol. The Bertz CT molecular complexity index is 347. The number of nitrogens with zero attached hydrogens (tertiary/aromatic N) is 3. The van der Waals surface area contributed by atoms with Crippen LogP contribution in [0.5, 0.6) is 0 Å². The molecular formula is C16H28N4. The quantitative estimate of drug-likeness (QED) is 0.729. The Morgan fingerprint density at radius 1 is 1.00 bits per heavy atom. The van der Waals surface area contributed by atoms with Crippen LogP contribution in [0, 0.1) is 0 Å². The van der Waals surface area contributed by atoms with Crippen LogP contribution >= 0.6 is 0 Å². The van der Waals surface area contributed by atoms with E-state index in [1.54, 1.807) is 0 Å². The van der Waals surface area contributed by atoms with Gasteiger partial charge in [-0.1, -0.05) is 12.5 Å². The largest absolute Gasteiger partial charge is 0.330 e. The van der Waals surface area contributed by atoms with Crippen LogP contribution in [0.2, 0.25) is 0 Å². The van der Waals surface area contributed by atoms with Gasteiger partial charge in [0.15, 0.2) is 0 Å². The molecule has 20 heavy (non-hydrogen) atoms. The predicted octanol–water partition coefficient (Wildman–Crippen LogP) is 1.37. The third kappa shape index (κ3) is 5.57. The summed E-state index contributed by atoms with van der Waals surface area (Å²) in [6.45, 7) is 8.09. The lowest BCUT2D eigenvalue weighted by Crippen LogP contribution is -2.47. The van der Waals surface area contributed by atoms with E-state index in [2.05, 4.69) is 20.9 Å². The Hall–Kier alpha value is -0.970. The maximum Gasteiger partial charge on any atom is 0.0300 e. The van der Waals surface area contributed by atoms with Gasteiger partial charge >= 0.3 is 0 Å². The van der Waals surface area contributed by atoms with Crippen LogP contribution < -0.4 is 5.73 Å². The van der Waals surface area contributed by atoms with Gasteiger partial charge in [0.1, 0.15) is 0 Å². The van der Waals surface area contributed by atoms with Crippen molar-refractivity contribution in [1.82, 2.24) is 14.8 Å². The topological polar surface area (TPSA) is 45.4 Å². The summed E-state index contributed by atoms with van der Waals surface area (Å²) in [4.78, 5) is 9.34. The van der Waals surface area contributed by atoms with Crippen LogP contribution in [-0.2, 0) is 6.42 Å². The zero-order valence-corrected chi connectivity index (χ0v) is 12.5. The minimum Gasteiger partial charge on any atom is -0.330 e. The Morgan fingerprint density at radius 3 is 2.40 bits per heavy atom. The van der Waals surface area contributed by atoms with Crippen molar-refractivity contribution in [2.75, 3.05) is 45.8 Å². The van der Waals surface area contributed by atoms with Gasteiger partial charge < -0.3 is 15.5 Å². The summed E-state index contributed by atoms with van der Waals surface area (Å²) < 4.78 is 0. The highest BCUT2D eigenvalue weighted by Crippen LogP contribution is 2.06. The molecule has 0 atom stereocenters. The van der Waals surface area contributed by atoms with Gasteiger partial charge in [-0.05, 0) is 44.0 Å². The predicted molar refractivity (Wildman–Crippen MR) is 83.7 cm³/mol. The van der Waals surface area contributed by atoms with Crippen molar-refractivity contribution in [2.24, 2.45) is 5.73 Å². The van der Waals surface area contributed by atoms with Gasteiger partial charge in [-0.2, -0.15) is 0 Å². The summed E-state index contributed by atoms with van der Waals surface area (Å²) in [6.07, 6.45) is 8.68. The molecule has 0 amide bonds. The van der Waals surface area contributed by atoms with Crippen LogP contribution in [0.25, 0.3) is 0 Å². The molecule has 0 bridgehead atoms. The number of nitrogens with two attached hydrogens (primary N) is 1. The van der Waals surface area contributed by atoms with Crippen LogP contribution in [0.1, 0.15) is 24.8 Å². The molecule has 0 radical (unpaired) electrons. The van der Waals surface area contributed by atoms with E-state index in [9.17, 15) is 0 Å². The molecule has 2 rings (SSSR count). The lowest BCUT2D eigenvalue weighted by atomic mass is 10.2. The molecule has 0 aromatic carbocycles. The summed E-state index contributed by atoms with van der Waals surface area (Å²) in [7, 11) is 0. The lowest BCUT2D eigenvalue weighted by molar-refractivity contribution is 0.132. The van der Waals surface area contributed by atoms with Crippen LogP contribution in [0.15, 0.2) is 24.5 Å². The summed E-state index contributed by atoms with van der Waals surface area (Å²) in [5.41, 5.74) is 6.87. The Kier molecular flexibility index (Phi) is 6.98. The van der Waals surface area contributed by atoms with E-state index in [1.807, 2.05) is 18.5 Å². The van der Waals surface area contributed by atoms with Crippen molar-refractivity contribution in [2.45, 2.75) is 25.7 Å². The fraction of sp³-hybridized carbons (Fsp3) is 0.688. The first kappa shape index (κ1) is 15.4. The standard InChI is InChI=1S/C16H28N4/c17-7-2-1-3-9-19-11-13-20(14-12-19)10-6-16-5-4-8-18-15-16/h4-5,8,15H,1-3,6-7,9-14,17H2. The molecule has 2 N–H and O–H groups in total. The molecule has 0 unspecified atom stereocenters. The second-order valence-corrected chi connectivity index (χ2v) is 5.64. The fourth-order valence-corrected chi connectivity index (χ4v) is 2.73. The van der Waals surface area contributed by atoms with Crippen molar-refractivity contribution in [3.8, 4) is 0 Å². The zero-order chi connectivity index (χ0) is 14.0. The minimum absolute atomic E-state index is 0.835. The average Bonchev–Trinajstić information content (AvgIpc) is 2.52. The number of piperazine rings is 1. The molecule has 2 heterocycles. The number of pyridine rings is 1. The molecule has 1 aromatic rings. The normalized spacial score (nSPS) is 17.4. The molecule has 0 spiro atoms. The fourth-order valence-electron chi connectivity index (χ4n) is 2.73. The SMILES string of the molecule is NCCCCCN1CCN(CCc2cccnc2)CC1. The molecule has 1 aromatic heterocycles. The summed E-state index contributed by atoms with van der Waals surface area (Å²) in [6, 6.07) is 4.19. The number of unbranched alkanes of at least 4 members (excludes halogenated alkanes) is 2. The van der Waals surface area contributed by atoms with Gasteiger partial charge in [-0.25, -0.2) is 0 Å². The first-order chi connectivity index (χ1) is 9.88. The minimum atomic E-state index is 0.835. The third-order valence-electron chi connectivity index (χ3n) is 4.08. The highest BCUT2D eigenvalue weighted by atomic mass is 15.3. The van der Waals surface area contributed by atoms with Gasteiger partial charge in [0.2, 0.25) is 0 Å². The Labute approximate surface area is 123 Å². The highest BCUT2D eigenvalue weighted by Gasteiger charge is 2.15. The summed E-state index contributed by atoms with van der Waals surface area (Å²) >= 11 is 0. The van der Waals surface area contributed by atoms with E-state index in [0.29, 0.717) is 0 Å². The van der Waals surface area contributed by atoms with Gasteiger partial charge in [-0.3, -0.25) is 4.98 Å². The number of hydrogen-bond acceptors (Lipinski definition) is 4. The molecule has 0 aliphatic carbocycles. The van der Waals surface area contributed by atoms with E-state index in [4.69, 9.17) is 5.73 Å². The molecular weight excluding hydrogens is 248 g/mol. The van der Waals surface area contributed by atoms with Gasteiger partial charge in [0.25, 0.3) is 0 Å². The van der Waals surface area contributed by atoms with E-state index in [0.717, 1.165) is 19.5 Å². The Balaban J connectivity index is 1.57. The van der Waals surface area contributed by atoms with Gasteiger partial charge in [0, 0.05) is 45.1 Å². The number of hydrogen-bond donors (Lipinski definition) is 1. The maximum atomic E-state index is 5.52. The van der Waals surface area contributed by atoms with Crippen molar-refractivity contribution in [3.63, 3.8) is 0 Å². The van der Waals surface area contributed by atoms with Crippen molar-refractivity contribution < 1.29 is 0 Å². The van der Waals surface area contributed by atoms with Gasteiger partial charge in [-0.15, -0.1) is 0 Å². The maximum absolute atomic E-state index is 5.52. The molecule has 0 saturated carbocycles. The molecule has 1 aliphatic heterocycles. The monoisotopic (exact) mass is 276 g/mol. The Morgan fingerprint density at radius 2 is 1.75 bits per heavy atom. The van der Waals surface area contributed by atoms with Crippen molar-refractivity contribution >= 4 is 0 Å². The zero-order valence-electron chi connectivity index (χ0n) is 12.5. The molecule has 112 valence electrons. The molecule has 1 aliphatic rings. The van der Waals surface area contributed by atoms with Crippen LogP contribution in [0.4, 0.5) is 0 Å². The van der Waals surface area contributed by atoms with Crippen molar-refractivity contribution in [3.05, 3.63) is 30.1 Å². The second-order valence-electron chi connectivity index (χ2n) is 5.64. The van der Waals surface area contributed by atoms with E-state index in [1.165, 1.54) is 57.5 Å². The number of aromatic nitrogens is 1. The van der Waals surface area contributed by atoms with E-state index < -0.39 is 0 Å².